The zero-order valence-corrected chi connectivity index (χ0v) is 16.1. The van der Waals surface area contributed by atoms with E-state index < -0.39 is 22.8 Å². The lowest BCUT2D eigenvalue weighted by Crippen LogP contribution is -2.31. The van der Waals surface area contributed by atoms with E-state index in [2.05, 4.69) is 15.6 Å². The molecule has 0 bridgehead atoms. The number of rotatable bonds is 4. The molecule has 29 heavy (non-hydrogen) atoms. The topological polar surface area (TPSA) is 54.0 Å². The number of carbonyl (C=O) groups is 1. The molecule has 0 spiro atoms. The van der Waals surface area contributed by atoms with E-state index in [1.54, 1.807) is 19.3 Å². The molecular formula is C21H17ClF3N3O. The third-order valence-electron chi connectivity index (χ3n) is 4.28. The Morgan fingerprint density at radius 1 is 1.07 bits per heavy atom. The van der Waals surface area contributed by atoms with Crippen molar-refractivity contribution in [2.45, 2.75) is 19.1 Å². The van der Waals surface area contributed by atoms with Gasteiger partial charge in [-0.3, -0.25) is 4.98 Å². The summed E-state index contributed by atoms with van der Waals surface area (Å²) < 4.78 is 38.8. The molecule has 0 aliphatic rings. The van der Waals surface area contributed by atoms with Gasteiger partial charge >= 0.3 is 12.2 Å². The second-order valence-electron chi connectivity index (χ2n) is 6.38. The Morgan fingerprint density at radius 2 is 1.79 bits per heavy atom. The SMILES string of the molecule is CC(NC(=O)Nc1ccc(Cl)c(C(F)(F)F)c1)c1ccc(-c2cccnc2)cc1. The second-order valence-corrected chi connectivity index (χ2v) is 6.78. The first-order valence-corrected chi connectivity index (χ1v) is 9.06. The Bertz CT molecular complexity index is 992. The molecule has 0 aliphatic heterocycles. The number of urea groups is 1. The first kappa shape index (κ1) is 20.7. The Hall–Kier alpha value is -3.06. The molecule has 0 radical (unpaired) electrons. The largest absolute Gasteiger partial charge is 0.417 e. The molecule has 3 rings (SSSR count). The lowest BCUT2D eigenvalue weighted by atomic mass is 10.0. The molecule has 3 aromatic rings. The van der Waals surface area contributed by atoms with Gasteiger partial charge in [0.1, 0.15) is 0 Å². The van der Waals surface area contributed by atoms with Gasteiger partial charge in [-0.1, -0.05) is 41.9 Å². The number of pyridine rings is 1. The van der Waals surface area contributed by atoms with Crippen LogP contribution in [0.4, 0.5) is 23.7 Å². The lowest BCUT2D eigenvalue weighted by Gasteiger charge is -2.16. The van der Waals surface area contributed by atoms with Gasteiger partial charge in [0.15, 0.2) is 0 Å². The lowest BCUT2D eigenvalue weighted by molar-refractivity contribution is -0.137. The van der Waals surface area contributed by atoms with Crippen LogP contribution in [0.25, 0.3) is 11.1 Å². The summed E-state index contributed by atoms with van der Waals surface area (Å²) in [5.74, 6) is 0. The van der Waals surface area contributed by atoms with Crippen LogP contribution in [0, 0.1) is 0 Å². The molecule has 0 aliphatic carbocycles. The zero-order valence-electron chi connectivity index (χ0n) is 15.3. The maximum absolute atomic E-state index is 12.9. The van der Waals surface area contributed by atoms with Crippen molar-refractivity contribution in [3.63, 3.8) is 0 Å². The van der Waals surface area contributed by atoms with Gasteiger partial charge in [0.05, 0.1) is 16.6 Å². The van der Waals surface area contributed by atoms with Crippen molar-refractivity contribution in [2.75, 3.05) is 5.32 Å². The fourth-order valence-corrected chi connectivity index (χ4v) is 2.99. The van der Waals surface area contributed by atoms with Gasteiger partial charge in [-0.2, -0.15) is 13.2 Å². The number of hydrogen-bond acceptors (Lipinski definition) is 2. The highest BCUT2D eigenvalue weighted by Gasteiger charge is 2.33. The van der Waals surface area contributed by atoms with Gasteiger partial charge in [-0.15, -0.1) is 0 Å². The van der Waals surface area contributed by atoms with Gasteiger partial charge in [0, 0.05) is 18.1 Å². The standard InChI is InChI=1S/C21H17ClF3N3O/c1-13(14-4-6-15(7-5-14)16-3-2-10-26-12-16)27-20(29)28-17-8-9-19(22)18(11-17)21(23,24)25/h2-13H,1H3,(H2,27,28,29). The molecule has 0 saturated heterocycles. The summed E-state index contributed by atoms with van der Waals surface area (Å²) in [6.07, 6.45) is -1.15. The molecule has 2 amide bonds. The van der Waals surface area contributed by atoms with Gasteiger partial charge in [0.2, 0.25) is 0 Å². The molecule has 1 atom stereocenters. The first-order valence-electron chi connectivity index (χ1n) is 8.68. The van der Waals surface area contributed by atoms with E-state index in [9.17, 15) is 18.0 Å². The van der Waals surface area contributed by atoms with Crippen molar-refractivity contribution < 1.29 is 18.0 Å². The predicted molar refractivity (Wildman–Crippen MR) is 107 cm³/mol. The highest BCUT2D eigenvalue weighted by Crippen LogP contribution is 2.36. The Balaban J connectivity index is 1.65. The minimum atomic E-state index is -4.60. The van der Waals surface area contributed by atoms with Crippen LogP contribution in [0.5, 0.6) is 0 Å². The number of benzene rings is 2. The molecule has 4 nitrogen and oxygen atoms in total. The Morgan fingerprint density at radius 3 is 2.41 bits per heavy atom. The molecule has 1 unspecified atom stereocenters. The minimum Gasteiger partial charge on any atom is -0.331 e. The fraction of sp³-hybridized carbons (Fsp3) is 0.143. The van der Waals surface area contributed by atoms with E-state index in [4.69, 9.17) is 11.6 Å². The second kappa shape index (κ2) is 8.53. The quantitative estimate of drug-likeness (QED) is 0.521. The van der Waals surface area contributed by atoms with Crippen LogP contribution in [0.15, 0.2) is 67.0 Å². The van der Waals surface area contributed by atoms with Crippen LogP contribution in [-0.2, 0) is 6.18 Å². The summed E-state index contributed by atoms with van der Waals surface area (Å²) >= 11 is 5.59. The number of carbonyl (C=O) groups excluding carboxylic acids is 1. The van der Waals surface area contributed by atoms with Crippen molar-refractivity contribution in [3.8, 4) is 11.1 Å². The zero-order chi connectivity index (χ0) is 21.0. The van der Waals surface area contributed by atoms with E-state index in [-0.39, 0.29) is 11.7 Å². The van der Waals surface area contributed by atoms with Crippen LogP contribution in [0.1, 0.15) is 24.1 Å². The van der Waals surface area contributed by atoms with Crippen LogP contribution in [0.2, 0.25) is 5.02 Å². The minimum absolute atomic E-state index is 0.00153. The van der Waals surface area contributed by atoms with Crippen LogP contribution < -0.4 is 10.6 Å². The first-order chi connectivity index (χ1) is 13.7. The smallest absolute Gasteiger partial charge is 0.331 e. The fourth-order valence-electron chi connectivity index (χ4n) is 2.77. The molecule has 8 heteroatoms. The normalized spacial score (nSPS) is 12.3. The van der Waals surface area contributed by atoms with Crippen molar-refractivity contribution >= 4 is 23.3 Å². The third-order valence-corrected chi connectivity index (χ3v) is 4.61. The predicted octanol–water partition coefficient (Wildman–Crippen LogP) is 6.30. The molecule has 0 saturated carbocycles. The summed E-state index contributed by atoms with van der Waals surface area (Å²) in [6, 6.07) is 13.6. The Kier molecular flexibility index (Phi) is 6.08. The van der Waals surface area contributed by atoms with E-state index in [1.165, 1.54) is 6.07 Å². The summed E-state index contributed by atoms with van der Waals surface area (Å²) in [7, 11) is 0. The Labute approximate surface area is 170 Å². The third kappa shape index (κ3) is 5.26. The molecule has 1 aromatic heterocycles. The van der Waals surface area contributed by atoms with Gasteiger partial charge in [-0.25, -0.2) is 4.79 Å². The van der Waals surface area contributed by atoms with Gasteiger partial charge < -0.3 is 10.6 Å². The van der Waals surface area contributed by atoms with Crippen LogP contribution in [0.3, 0.4) is 0 Å². The molecule has 0 fully saturated rings. The van der Waals surface area contributed by atoms with Crippen molar-refractivity contribution in [1.82, 2.24) is 10.3 Å². The van der Waals surface area contributed by atoms with Crippen LogP contribution >= 0.6 is 11.6 Å². The number of aromatic nitrogens is 1. The van der Waals surface area contributed by atoms with E-state index in [1.807, 2.05) is 36.4 Å². The molecule has 150 valence electrons. The summed E-state index contributed by atoms with van der Waals surface area (Å²) in [4.78, 5) is 16.3. The van der Waals surface area contributed by atoms with Crippen molar-refractivity contribution in [2.24, 2.45) is 0 Å². The molecule has 1 heterocycles. The molecule has 2 aromatic carbocycles. The summed E-state index contributed by atoms with van der Waals surface area (Å²) in [5, 5.41) is 4.68. The number of nitrogens with one attached hydrogen (secondary N) is 2. The van der Waals surface area contributed by atoms with Crippen LogP contribution in [-0.4, -0.2) is 11.0 Å². The van der Waals surface area contributed by atoms with E-state index in [0.717, 1.165) is 28.8 Å². The van der Waals surface area contributed by atoms with Crippen molar-refractivity contribution in [1.29, 1.82) is 0 Å². The summed E-state index contributed by atoms with van der Waals surface area (Å²) in [6.45, 7) is 1.78. The highest BCUT2D eigenvalue weighted by atomic mass is 35.5. The van der Waals surface area contributed by atoms with Gasteiger partial charge in [-0.05, 0) is 47.9 Å². The maximum atomic E-state index is 12.9. The van der Waals surface area contributed by atoms with E-state index >= 15 is 0 Å². The number of amides is 2. The van der Waals surface area contributed by atoms with E-state index in [0.29, 0.717) is 0 Å². The number of anilines is 1. The van der Waals surface area contributed by atoms with Crippen molar-refractivity contribution in [3.05, 3.63) is 83.1 Å². The summed E-state index contributed by atoms with van der Waals surface area (Å²) in [5.41, 5.74) is 1.80. The monoisotopic (exact) mass is 419 g/mol. The molecular weight excluding hydrogens is 403 g/mol. The number of halogens is 4. The number of hydrogen-bond donors (Lipinski definition) is 2. The average Bonchev–Trinajstić information content (AvgIpc) is 2.69. The maximum Gasteiger partial charge on any atom is 0.417 e. The number of alkyl halides is 3. The average molecular weight is 420 g/mol. The number of nitrogens with zero attached hydrogens (tertiary/aromatic N) is 1. The molecule has 2 N–H and O–H groups in total. The van der Waals surface area contributed by atoms with Gasteiger partial charge in [0.25, 0.3) is 0 Å². The highest BCUT2D eigenvalue weighted by molar-refractivity contribution is 6.31.